The summed E-state index contributed by atoms with van der Waals surface area (Å²) in [5.74, 6) is -0.775. The topological polar surface area (TPSA) is 83.9 Å². The Bertz CT molecular complexity index is 760. The van der Waals surface area contributed by atoms with E-state index in [4.69, 9.17) is 9.84 Å². The van der Waals surface area contributed by atoms with Gasteiger partial charge in [-0.2, -0.15) is 4.31 Å². The Labute approximate surface area is 135 Å². The Kier molecular flexibility index (Phi) is 3.48. The molecule has 6 nitrogen and oxygen atoms in total. The highest BCUT2D eigenvalue weighted by molar-refractivity contribution is 7.89. The van der Waals surface area contributed by atoms with E-state index in [2.05, 4.69) is 0 Å². The SMILES string of the molecule is O=C(O)C[C@@H]1[C@H]2CC[C@H](C2)N1S(=O)(=O)c1cccc2c1COC2. The van der Waals surface area contributed by atoms with Crippen LogP contribution in [0.1, 0.15) is 36.8 Å². The molecule has 2 heterocycles. The second-order valence-electron chi connectivity index (χ2n) is 6.61. The Hall–Kier alpha value is -1.44. The molecule has 3 atom stereocenters. The summed E-state index contributed by atoms with van der Waals surface area (Å²) in [4.78, 5) is 11.5. The molecule has 2 aliphatic heterocycles. The van der Waals surface area contributed by atoms with Gasteiger partial charge in [-0.05, 0) is 36.8 Å². The van der Waals surface area contributed by atoms with Gasteiger partial charge in [-0.15, -0.1) is 0 Å². The maximum absolute atomic E-state index is 13.3. The molecule has 1 saturated carbocycles. The lowest BCUT2D eigenvalue weighted by Gasteiger charge is -2.33. The summed E-state index contributed by atoms with van der Waals surface area (Å²) in [6, 6.07) is 4.75. The molecule has 1 N–H and O–H groups in total. The molecule has 0 spiro atoms. The van der Waals surface area contributed by atoms with Gasteiger partial charge in [0.15, 0.2) is 0 Å². The first-order valence-electron chi connectivity index (χ1n) is 7.92. The third kappa shape index (κ3) is 2.29. The first kappa shape index (κ1) is 15.1. The Morgan fingerprint density at radius 3 is 2.91 bits per heavy atom. The van der Waals surface area contributed by atoms with Gasteiger partial charge in [-0.1, -0.05) is 12.1 Å². The van der Waals surface area contributed by atoms with E-state index >= 15 is 0 Å². The van der Waals surface area contributed by atoms with Crippen molar-refractivity contribution < 1.29 is 23.1 Å². The molecule has 7 heteroatoms. The molecule has 2 fully saturated rings. The normalized spacial score (nSPS) is 29.8. The number of rotatable bonds is 4. The fourth-order valence-electron chi connectivity index (χ4n) is 4.39. The molecule has 1 aliphatic carbocycles. The van der Waals surface area contributed by atoms with Crippen molar-refractivity contribution in [1.82, 2.24) is 4.31 Å². The van der Waals surface area contributed by atoms with Crippen LogP contribution in [0.15, 0.2) is 23.1 Å². The van der Waals surface area contributed by atoms with Crippen LogP contribution >= 0.6 is 0 Å². The van der Waals surface area contributed by atoms with Crippen molar-refractivity contribution in [3.63, 3.8) is 0 Å². The van der Waals surface area contributed by atoms with Gasteiger partial charge < -0.3 is 9.84 Å². The standard InChI is InChI=1S/C16H19NO5S/c18-16(19)7-14-10-4-5-12(6-10)17(14)23(20,21)15-3-1-2-11-8-22-9-13(11)15/h1-3,10,12,14H,4-9H2,(H,18,19)/t10-,12+,14+/m0/s1. The summed E-state index contributed by atoms with van der Waals surface area (Å²) < 4.78 is 33.4. The average molecular weight is 337 g/mol. The van der Waals surface area contributed by atoms with Crippen LogP contribution in [-0.4, -0.2) is 35.9 Å². The van der Waals surface area contributed by atoms with E-state index in [-0.39, 0.29) is 23.3 Å². The van der Waals surface area contributed by atoms with Gasteiger partial charge in [0.25, 0.3) is 0 Å². The number of nitrogens with zero attached hydrogens (tertiary/aromatic N) is 1. The number of fused-ring (bicyclic) bond motifs is 3. The summed E-state index contributed by atoms with van der Waals surface area (Å²) in [7, 11) is -3.70. The lowest BCUT2D eigenvalue weighted by Crippen LogP contribution is -2.46. The number of sulfonamides is 1. The predicted octanol–water partition coefficient (Wildman–Crippen LogP) is 1.73. The van der Waals surface area contributed by atoms with Crippen LogP contribution in [0.3, 0.4) is 0 Å². The second kappa shape index (κ2) is 5.29. The molecular weight excluding hydrogens is 318 g/mol. The van der Waals surface area contributed by atoms with Crippen molar-refractivity contribution in [3.05, 3.63) is 29.3 Å². The highest BCUT2D eigenvalue weighted by atomic mass is 32.2. The van der Waals surface area contributed by atoms with Crippen molar-refractivity contribution in [2.24, 2.45) is 5.92 Å². The molecule has 0 amide bonds. The van der Waals surface area contributed by atoms with Gasteiger partial charge in [0, 0.05) is 17.6 Å². The van der Waals surface area contributed by atoms with Crippen molar-refractivity contribution in [1.29, 1.82) is 0 Å². The zero-order valence-corrected chi connectivity index (χ0v) is 13.5. The fourth-order valence-corrected chi connectivity index (χ4v) is 6.56. The molecule has 1 aromatic rings. The number of hydrogen-bond acceptors (Lipinski definition) is 4. The predicted molar refractivity (Wildman–Crippen MR) is 81.1 cm³/mol. The largest absolute Gasteiger partial charge is 0.481 e. The van der Waals surface area contributed by atoms with Gasteiger partial charge in [-0.3, -0.25) is 4.79 Å². The van der Waals surface area contributed by atoms with Gasteiger partial charge in [0.05, 0.1) is 24.5 Å². The van der Waals surface area contributed by atoms with Crippen molar-refractivity contribution in [3.8, 4) is 0 Å². The molecule has 1 aromatic carbocycles. The van der Waals surface area contributed by atoms with Crippen molar-refractivity contribution in [2.45, 2.75) is 55.9 Å². The monoisotopic (exact) mass is 337 g/mol. The summed E-state index contributed by atoms with van der Waals surface area (Å²) in [5.41, 5.74) is 1.63. The molecule has 4 rings (SSSR count). The molecular formula is C16H19NO5S. The first-order valence-corrected chi connectivity index (χ1v) is 9.36. The number of benzene rings is 1. The van der Waals surface area contributed by atoms with E-state index < -0.39 is 22.0 Å². The zero-order chi connectivity index (χ0) is 16.2. The number of piperidine rings is 1. The quantitative estimate of drug-likeness (QED) is 0.904. The minimum absolute atomic E-state index is 0.0625. The lowest BCUT2D eigenvalue weighted by atomic mass is 9.97. The number of carboxylic acid groups (broad SMARTS) is 1. The van der Waals surface area contributed by atoms with Gasteiger partial charge in [-0.25, -0.2) is 8.42 Å². The number of aliphatic carboxylic acids is 1. The number of carbonyl (C=O) groups is 1. The Balaban J connectivity index is 1.76. The van der Waals surface area contributed by atoms with Crippen LogP contribution < -0.4 is 0 Å². The summed E-state index contributed by atoms with van der Waals surface area (Å²) in [5, 5.41) is 9.17. The summed E-state index contributed by atoms with van der Waals surface area (Å²) >= 11 is 0. The number of hydrogen-bond donors (Lipinski definition) is 1. The summed E-state index contributed by atoms with van der Waals surface area (Å²) in [6.07, 6.45) is 2.41. The molecule has 0 aromatic heterocycles. The van der Waals surface area contributed by atoms with Crippen LogP contribution in [0.25, 0.3) is 0 Å². The van der Waals surface area contributed by atoms with Crippen molar-refractivity contribution >= 4 is 16.0 Å². The first-order chi connectivity index (χ1) is 11.0. The Morgan fingerprint density at radius 1 is 1.30 bits per heavy atom. The molecule has 23 heavy (non-hydrogen) atoms. The average Bonchev–Trinajstić information content (AvgIpc) is 3.20. The number of carboxylic acids is 1. The third-order valence-corrected chi connectivity index (χ3v) is 7.41. The van der Waals surface area contributed by atoms with E-state index in [1.165, 1.54) is 4.31 Å². The van der Waals surface area contributed by atoms with Crippen LogP contribution in [0.2, 0.25) is 0 Å². The molecule has 1 saturated heterocycles. The van der Waals surface area contributed by atoms with Gasteiger partial charge in [0.1, 0.15) is 0 Å². The smallest absolute Gasteiger partial charge is 0.304 e. The van der Waals surface area contributed by atoms with E-state index in [0.29, 0.717) is 13.2 Å². The van der Waals surface area contributed by atoms with Gasteiger partial charge in [0.2, 0.25) is 10.0 Å². The van der Waals surface area contributed by atoms with E-state index in [1.807, 2.05) is 6.07 Å². The lowest BCUT2D eigenvalue weighted by molar-refractivity contribution is -0.138. The van der Waals surface area contributed by atoms with Crippen LogP contribution in [-0.2, 0) is 32.8 Å². The molecule has 0 unspecified atom stereocenters. The molecule has 3 aliphatic rings. The van der Waals surface area contributed by atoms with E-state index in [9.17, 15) is 13.2 Å². The Morgan fingerprint density at radius 2 is 2.13 bits per heavy atom. The minimum Gasteiger partial charge on any atom is -0.481 e. The minimum atomic E-state index is -3.70. The highest BCUT2D eigenvalue weighted by Gasteiger charge is 2.52. The maximum atomic E-state index is 13.3. The molecule has 0 radical (unpaired) electrons. The van der Waals surface area contributed by atoms with E-state index in [1.54, 1.807) is 12.1 Å². The fraction of sp³-hybridized carbons (Fsp3) is 0.562. The van der Waals surface area contributed by atoms with Crippen LogP contribution in [0.4, 0.5) is 0 Å². The molecule has 2 bridgehead atoms. The maximum Gasteiger partial charge on any atom is 0.304 e. The van der Waals surface area contributed by atoms with Crippen molar-refractivity contribution in [2.75, 3.05) is 0 Å². The number of ether oxygens (including phenoxy) is 1. The summed E-state index contributed by atoms with van der Waals surface area (Å²) in [6.45, 7) is 0.736. The second-order valence-corrected chi connectivity index (χ2v) is 8.43. The third-order valence-electron chi connectivity index (χ3n) is 5.35. The molecule has 124 valence electrons. The highest BCUT2D eigenvalue weighted by Crippen LogP contribution is 2.47. The zero-order valence-electron chi connectivity index (χ0n) is 12.6. The van der Waals surface area contributed by atoms with Gasteiger partial charge >= 0.3 is 5.97 Å². The van der Waals surface area contributed by atoms with E-state index in [0.717, 1.165) is 30.4 Å². The van der Waals surface area contributed by atoms with Crippen LogP contribution in [0, 0.1) is 5.92 Å². The van der Waals surface area contributed by atoms with Crippen LogP contribution in [0.5, 0.6) is 0 Å².